The van der Waals surface area contributed by atoms with E-state index < -0.39 is 49.4 Å². The van der Waals surface area contributed by atoms with Gasteiger partial charge in [0.1, 0.15) is 24.0 Å². The number of carbonyl (C=O) groups is 1. The van der Waals surface area contributed by atoms with Crippen LogP contribution in [0.4, 0.5) is 16.2 Å². The maximum atomic E-state index is 16.5. The number of nitrogens with one attached hydrogen (secondary N) is 1. The smallest absolute Gasteiger partial charge is 0.323 e. The first kappa shape index (κ1) is 35.4. The molecule has 1 aliphatic rings. The van der Waals surface area contributed by atoms with Crippen molar-refractivity contribution in [1.82, 2.24) is 24.6 Å². The van der Waals surface area contributed by atoms with Crippen LogP contribution in [0, 0.1) is 17.8 Å². The van der Waals surface area contributed by atoms with Crippen LogP contribution < -0.4 is 20.2 Å². The summed E-state index contributed by atoms with van der Waals surface area (Å²) < 4.78 is 41.8. The van der Waals surface area contributed by atoms with Crippen LogP contribution in [0.1, 0.15) is 33.9 Å². The lowest BCUT2D eigenvalue weighted by Crippen LogP contribution is -2.42. The molecular weight excluding hydrogens is 660 g/mol. The minimum Gasteiger partial charge on any atom is -0.464 e. The number of anilines is 2. The molecule has 0 radical (unpaired) electrons. The molecule has 5 rings (SSSR count). The van der Waals surface area contributed by atoms with Crippen LogP contribution in [-0.2, 0) is 30.6 Å². The lowest BCUT2D eigenvalue weighted by molar-refractivity contribution is -0.148. The number of imidazole rings is 1. The van der Waals surface area contributed by atoms with Crippen LogP contribution in [0.5, 0.6) is 5.75 Å². The molecule has 6 atom stereocenters. The summed E-state index contributed by atoms with van der Waals surface area (Å²) in [4.78, 5) is 27.4. The van der Waals surface area contributed by atoms with Gasteiger partial charge in [0.25, 0.3) is 0 Å². The first-order valence-electron chi connectivity index (χ1n) is 15.1. The number of nitrogen functional groups attached to an aromatic ring is 1. The lowest BCUT2D eigenvalue weighted by Gasteiger charge is -2.28. The summed E-state index contributed by atoms with van der Waals surface area (Å²) in [6, 6.07) is 12.0. The molecule has 3 heterocycles. The molecule has 1 fully saturated rings. The number of terminal acetylenes is 1. The lowest BCUT2D eigenvalue weighted by atomic mass is 9.97. The molecular formula is C32H39FN7O6PS. The van der Waals surface area contributed by atoms with Crippen molar-refractivity contribution < 1.29 is 32.8 Å². The van der Waals surface area contributed by atoms with Crippen molar-refractivity contribution in [2.75, 3.05) is 37.9 Å². The Bertz CT molecular complexity index is 1910. The summed E-state index contributed by atoms with van der Waals surface area (Å²) in [7, 11) is 3.49. The third-order valence-electron chi connectivity index (χ3n) is 7.49. The molecule has 0 saturated carbocycles. The number of alkyl halides is 1. The highest BCUT2D eigenvalue weighted by molar-refractivity contribution is 8.09. The van der Waals surface area contributed by atoms with Gasteiger partial charge in [-0.3, -0.25) is 9.36 Å². The molecule has 4 aromatic rings. The third kappa shape index (κ3) is 7.24. The fourth-order valence-corrected chi connectivity index (χ4v) is 7.50. The van der Waals surface area contributed by atoms with E-state index in [-0.39, 0.29) is 23.6 Å². The van der Waals surface area contributed by atoms with E-state index in [0.29, 0.717) is 17.1 Å². The van der Waals surface area contributed by atoms with Gasteiger partial charge in [-0.15, -0.1) is 6.42 Å². The van der Waals surface area contributed by atoms with E-state index in [1.54, 1.807) is 38.1 Å². The number of nitrogens with two attached hydrogens (primary N) is 1. The first-order valence-corrected chi connectivity index (χ1v) is 17.7. The van der Waals surface area contributed by atoms with Crippen LogP contribution in [0.2, 0.25) is 0 Å². The zero-order valence-corrected chi connectivity index (χ0v) is 29.2. The molecule has 0 aliphatic carbocycles. The maximum absolute atomic E-state index is 16.5. The highest BCUT2D eigenvalue weighted by atomic mass is 32.5. The van der Waals surface area contributed by atoms with Gasteiger partial charge in [-0.05, 0) is 35.6 Å². The van der Waals surface area contributed by atoms with Crippen LogP contribution in [0.25, 0.3) is 21.9 Å². The number of esters is 1. The molecule has 256 valence electrons. The zero-order chi connectivity index (χ0) is 35.0. The quantitative estimate of drug-likeness (QED) is 0.117. The SMILES string of the molecule is C#C[C@@]1(F)[C@H](O)[C@@H](COP(=S)(N[C@@H](C)C(=O)OCC(C)(C)C)Oc2cccc3ccccc23)O[C@H]1n1cnc2c(N(C)C)nc(N)nc21. The monoisotopic (exact) mass is 699 g/mol. The van der Waals surface area contributed by atoms with Crippen molar-refractivity contribution in [2.45, 2.75) is 57.8 Å². The second-order valence-electron chi connectivity index (χ2n) is 12.9. The molecule has 0 amide bonds. The largest absolute Gasteiger partial charge is 0.464 e. The Labute approximate surface area is 283 Å². The first-order chi connectivity index (χ1) is 22.5. The molecule has 1 unspecified atom stereocenters. The van der Waals surface area contributed by atoms with Gasteiger partial charge in [0, 0.05) is 19.5 Å². The van der Waals surface area contributed by atoms with Crippen molar-refractivity contribution in [3.8, 4) is 18.1 Å². The average Bonchev–Trinajstić information content (AvgIpc) is 3.55. The average molecular weight is 700 g/mol. The van der Waals surface area contributed by atoms with Crippen molar-refractivity contribution in [3.63, 3.8) is 0 Å². The molecule has 4 N–H and O–H groups in total. The molecule has 0 spiro atoms. The van der Waals surface area contributed by atoms with Gasteiger partial charge in [-0.2, -0.15) is 9.97 Å². The number of hydrogen-bond donors (Lipinski definition) is 3. The van der Waals surface area contributed by atoms with E-state index in [1.165, 1.54) is 10.9 Å². The number of aliphatic hydroxyl groups is 1. The molecule has 2 aromatic carbocycles. The molecule has 16 heteroatoms. The highest BCUT2D eigenvalue weighted by Gasteiger charge is 2.58. The molecule has 1 saturated heterocycles. The van der Waals surface area contributed by atoms with Gasteiger partial charge in [-0.25, -0.2) is 14.5 Å². The van der Waals surface area contributed by atoms with Gasteiger partial charge in [0.05, 0.1) is 19.5 Å². The molecule has 0 bridgehead atoms. The number of fused-ring (bicyclic) bond motifs is 2. The number of aliphatic hydroxyl groups excluding tert-OH is 1. The van der Waals surface area contributed by atoms with Crippen molar-refractivity contribution in [2.24, 2.45) is 5.41 Å². The Kier molecular flexibility index (Phi) is 9.99. The van der Waals surface area contributed by atoms with E-state index in [2.05, 4.69) is 20.0 Å². The van der Waals surface area contributed by atoms with Crippen LogP contribution in [0.3, 0.4) is 0 Å². The molecule has 13 nitrogen and oxygen atoms in total. The van der Waals surface area contributed by atoms with Gasteiger partial charge in [-0.1, -0.05) is 63.1 Å². The number of rotatable bonds is 11. The van der Waals surface area contributed by atoms with Crippen molar-refractivity contribution in [3.05, 3.63) is 48.8 Å². The molecule has 2 aromatic heterocycles. The number of aromatic nitrogens is 4. The van der Waals surface area contributed by atoms with E-state index in [9.17, 15) is 9.90 Å². The summed E-state index contributed by atoms with van der Waals surface area (Å²) in [5.74, 6) is 2.19. The zero-order valence-electron chi connectivity index (χ0n) is 27.5. The Hall–Kier alpha value is -3.90. The minimum absolute atomic E-state index is 0.0796. The Morgan fingerprint density at radius 3 is 2.69 bits per heavy atom. The number of hydrogen-bond acceptors (Lipinski definition) is 12. The summed E-state index contributed by atoms with van der Waals surface area (Å²) in [5, 5.41) is 15.8. The van der Waals surface area contributed by atoms with Crippen molar-refractivity contribution in [1.29, 1.82) is 0 Å². The van der Waals surface area contributed by atoms with Gasteiger partial charge in [0.15, 0.2) is 23.2 Å². The Morgan fingerprint density at radius 2 is 2.00 bits per heavy atom. The standard InChI is InChI=1S/C32H39FN7O6PS/c1-8-32(33)25(41)23(45-29(32)40-18-35-24-26(39(6)7)36-30(34)37-27(24)40)16-44-47(48,38-19(2)28(42)43-17-31(3,4)5)46-22-15-11-13-20-12-9-10-14-21(20)22/h1,9-15,18-19,23,25,29,41H,16-17H2,2-7H3,(H,38,48)(H2,34,36,37)/t19-,23+,25+,29+,32+,47?/m0/s1. The van der Waals surface area contributed by atoms with Crippen LogP contribution in [0.15, 0.2) is 48.8 Å². The summed E-state index contributed by atoms with van der Waals surface area (Å²) in [5.41, 5.74) is 3.41. The van der Waals surface area contributed by atoms with Crippen molar-refractivity contribution >= 4 is 58.1 Å². The number of benzene rings is 2. The molecule has 1 aliphatic heterocycles. The fraction of sp³-hybridized carbons (Fsp3) is 0.438. The van der Waals surface area contributed by atoms with Gasteiger partial charge in [0.2, 0.25) is 11.6 Å². The normalized spacial score (nSPS) is 23.0. The van der Waals surface area contributed by atoms with Gasteiger partial charge < -0.3 is 34.3 Å². The number of halogens is 1. The summed E-state index contributed by atoms with van der Waals surface area (Å²) >= 11 is 5.91. The van der Waals surface area contributed by atoms with Gasteiger partial charge >= 0.3 is 12.6 Å². The molecule has 48 heavy (non-hydrogen) atoms. The predicted octanol–water partition coefficient (Wildman–Crippen LogP) is 4.12. The Morgan fingerprint density at radius 1 is 1.29 bits per heavy atom. The number of nitrogens with zero attached hydrogens (tertiary/aromatic N) is 5. The van der Waals surface area contributed by atoms with E-state index in [1.807, 2.05) is 57.0 Å². The third-order valence-corrected chi connectivity index (χ3v) is 9.98. The van der Waals surface area contributed by atoms with Crippen LogP contribution in [-0.4, -0.2) is 81.8 Å². The minimum atomic E-state index is -3.64. The Balaban J connectivity index is 1.43. The maximum Gasteiger partial charge on any atom is 0.323 e. The summed E-state index contributed by atoms with van der Waals surface area (Å²) in [6.45, 7) is 3.46. The number of carbonyl (C=O) groups excluding carboxylic acids is 1. The van der Waals surface area contributed by atoms with E-state index in [4.69, 9.17) is 42.5 Å². The topological polar surface area (TPSA) is 159 Å². The second-order valence-corrected chi connectivity index (χ2v) is 16.0. The summed E-state index contributed by atoms with van der Waals surface area (Å²) in [6.07, 6.45) is 2.18. The second kappa shape index (κ2) is 13.5. The highest BCUT2D eigenvalue weighted by Crippen LogP contribution is 2.49. The van der Waals surface area contributed by atoms with E-state index in [0.717, 1.165) is 10.8 Å². The number of ether oxygens (including phenoxy) is 2. The predicted molar refractivity (Wildman–Crippen MR) is 184 cm³/mol. The van der Waals surface area contributed by atoms with Crippen LogP contribution >= 0.6 is 6.64 Å². The fourth-order valence-electron chi connectivity index (χ4n) is 5.08. The van der Waals surface area contributed by atoms with E-state index >= 15 is 4.39 Å².